The van der Waals surface area contributed by atoms with Crippen LogP contribution < -0.4 is 11.1 Å². The number of carbonyl (C=O) groups is 1. The van der Waals surface area contributed by atoms with Crippen LogP contribution in [0.4, 0.5) is 0 Å². The highest BCUT2D eigenvalue weighted by Crippen LogP contribution is 2.19. The second-order valence-corrected chi connectivity index (χ2v) is 5.17. The van der Waals surface area contributed by atoms with E-state index in [-0.39, 0.29) is 12.0 Å². The maximum absolute atomic E-state index is 11.9. The van der Waals surface area contributed by atoms with E-state index in [1.54, 1.807) is 0 Å². The van der Waals surface area contributed by atoms with E-state index in [4.69, 9.17) is 10.5 Å². The summed E-state index contributed by atoms with van der Waals surface area (Å²) in [5, 5.41) is 2.93. The number of carbonyl (C=O) groups excluding carboxylic acids is 1. The SMILES string of the molecule is CC1OCCC1CNC(=O)[C@H](N)Cc1ccccc1. The average molecular weight is 262 g/mol. The summed E-state index contributed by atoms with van der Waals surface area (Å²) in [4.78, 5) is 11.9. The molecule has 1 aromatic rings. The molecule has 1 saturated heterocycles. The Morgan fingerprint density at radius 2 is 2.21 bits per heavy atom. The van der Waals surface area contributed by atoms with Gasteiger partial charge in [0, 0.05) is 19.1 Å². The Bertz CT molecular complexity index is 408. The Balaban J connectivity index is 1.76. The second-order valence-electron chi connectivity index (χ2n) is 5.17. The average Bonchev–Trinajstić information content (AvgIpc) is 2.82. The minimum atomic E-state index is -0.486. The number of amides is 1. The van der Waals surface area contributed by atoms with Crippen molar-refractivity contribution in [2.45, 2.75) is 31.9 Å². The molecule has 0 saturated carbocycles. The fraction of sp³-hybridized carbons (Fsp3) is 0.533. The van der Waals surface area contributed by atoms with Crippen LogP contribution in [0.5, 0.6) is 0 Å². The van der Waals surface area contributed by atoms with Crippen LogP contribution in [0.2, 0.25) is 0 Å². The molecule has 1 heterocycles. The largest absolute Gasteiger partial charge is 0.378 e. The van der Waals surface area contributed by atoms with Crippen molar-refractivity contribution < 1.29 is 9.53 Å². The zero-order valence-electron chi connectivity index (χ0n) is 11.3. The summed E-state index contributed by atoms with van der Waals surface area (Å²) in [5.41, 5.74) is 7.01. The van der Waals surface area contributed by atoms with Crippen LogP contribution >= 0.6 is 0 Å². The molecule has 3 atom stereocenters. The van der Waals surface area contributed by atoms with Crippen molar-refractivity contribution in [3.05, 3.63) is 35.9 Å². The lowest BCUT2D eigenvalue weighted by Gasteiger charge is -2.17. The van der Waals surface area contributed by atoms with E-state index in [0.29, 0.717) is 18.9 Å². The number of ether oxygens (including phenoxy) is 1. The molecule has 0 bridgehead atoms. The van der Waals surface area contributed by atoms with Crippen LogP contribution in [0.25, 0.3) is 0 Å². The number of rotatable bonds is 5. The minimum absolute atomic E-state index is 0.0806. The summed E-state index contributed by atoms with van der Waals surface area (Å²) in [6.07, 6.45) is 1.81. The molecule has 0 radical (unpaired) electrons. The molecular formula is C15H22N2O2. The lowest BCUT2D eigenvalue weighted by Crippen LogP contribution is -2.44. The van der Waals surface area contributed by atoms with Crippen LogP contribution in [-0.2, 0) is 16.0 Å². The summed E-state index contributed by atoms with van der Waals surface area (Å²) >= 11 is 0. The standard InChI is InChI=1S/C15H22N2O2/c1-11-13(7-8-19-11)10-17-15(18)14(16)9-12-5-3-2-4-6-12/h2-6,11,13-14H,7-10,16H2,1H3,(H,17,18)/t11?,13?,14-/m1/s1. The molecule has 1 aliphatic heterocycles. The second kappa shape index (κ2) is 6.68. The Morgan fingerprint density at radius 1 is 1.47 bits per heavy atom. The first-order chi connectivity index (χ1) is 9.16. The zero-order chi connectivity index (χ0) is 13.7. The van der Waals surface area contributed by atoms with Gasteiger partial charge in [-0.3, -0.25) is 4.79 Å². The van der Waals surface area contributed by atoms with Gasteiger partial charge in [-0.1, -0.05) is 30.3 Å². The van der Waals surface area contributed by atoms with Crippen molar-refractivity contribution in [2.24, 2.45) is 11.7 Å². The van der Waals surface area contributed by atoms with Crippen LogP contribution in [0.3, 0.4) is 0 Å². The topological polar surface area (TPSA) is 64.3 Å². The van der Waals surface area contributed by atoms with Crippen molar-refractivity contribution in [1.29, 1.82) is 0 Å². The Morgan fingerprint density at radius 3 is 2.84 bits per heavy atom. The van der Waals surface area contributed by atoms with Crippen LogP contribution in [0, 0.1) is 5.92 Å². The third kappa shape index (κ3) is 4.04. The van der Waals surface area contributed by atoms with Gasteiger partial charge < -0.3 is 15.8 Å². The molecule has 1 amide bonds. The van der Waals surface area contributed by atoms with E-state index in [2.05, 4.69) is 5.32 Å². The van der Waals surface area contributed by atoms with E-state index in [0.717, 1.165) is 18.6 Å². The molecule has 4 nitrogen and oxygen atoms in total. The molecule has 1 aromatic carbocycles. The van der Waals surface area contributed by atoms with Crippen LogP contribution in [0.1, 0.15) is 18.9 Å². The van der Waals surface area contributed by atoms with E-state index < -0.39 is 6.04 Å². The van der Waals surface area contributed by atoms with Crippen molar-refractivity contribution >= 4 is 5.91 Å². The molecular weight excluding hydrogens is 240 g/mol. The molecule has 0 spiro atoms. The number of nitrogens with two attached hydrogens (primary N) is 1. The number of benzene rings is 1. The van der Waals surface area contributed by atoms with Gasteiger partial charge in [0.2, 0.25) is 5.91 Å². The number of hydrogen-bond acceptors (Lipinski definition) is 3. The summed E-state index contributed by atoms with van der Waals surface area (Å²) < 4.78 is 5.47. The van der Waals surface area contributed by atoms with Gasteiger partial charge in [-0.05, 0) is 25.3 Å². The van der Waals surface area contributed by atoms with Gasteiger partial charge in [0.05, 0.1) is 12.1 Å². The van der Waals surface area contributed by atoms with Crippen molar-refractivity contribution in [2.75, 3.05) is 13.2 Å². The van der Waals surface area contributed by atoms with E-state index in [1.165, 1.54) is 0 Å². The van der Waals surface area contributed by atoms with Crippen molar-refractivity contribution in [3.8, 4) is 0 Å². The Hall–Kier alpha value is -1.39. The fourth-order valence-electron chi connectivity index (χ4n) is 2.37. The van der Waals surface area contributed by atoms with Gasteiger partial charge in [0.1, 0.15) is 0 Å². The normalized spacial score (nSPS) is 24.1. The third-order valence-corrected chi connectivity index (χ3v) is 3.71. The van der Waals surface area contributed by atoms with Gasteiger partial charge in [-0.2, -0.15) is 0 Å². The molecule has 3 N–H and O–H groups in total. The Labute approximate surface area is 114 Å². The fourth-order valence-corrected chi connectivity index (χ4v) is 2.37. The van der Waals surface area contributed by atoms with E-state index >= 15 is 0 Å². The van der Waals surface area contributed by atoms with Crippen LogP contribution in [0.15, 0.2) is 30.3 Å². The molecule has 0 aliphatic carbocycles. The van der Waals surface area contributed by atoms with Crippen LogP contribution in [-0.4, -0.2) is 31.2 Å². The minimum Gasteiger partial charge on any atom is -0.378 e. The molecule has 104 valence electrons. The molecule has 4 heteroatoms. The molecule has 19 heavy (non-hydrogen) atoms. The van der Waals surface area contributed by atoms with Crippen molar-refractivity contribution in [1.82, 2.24) is 5.32 Å². The monoisotopic (exact) mass is 262 g/mol. The maximum Gasteiger partial charge on any atom is 0.237 e. The van der Waals surface area contributed by atoms with Gasteiger partial charge in [-0.25, -0.2) is 0 Å². The number of hydrogen-bond donors (Lipinski definition) is 2. The van der Waals surface area contributed by atoms with E-state index in [9.17, 15) is 4.79 Å². The molecule has 1 fully saturated rings. The van der Waals surface area contributed by atoms with Gasteiger partial charge in [0.15, 0.2) is 0 Å². The molecule has 2 rings (SSSR count). The van der Waals surface area contributed by atoms with E-state index in [1.807, 2.05) is 37.3 Å². The predicted octanol–water partition coefficient (Wildman–Crippen LogP) is 1.10. The highest BCUT2D eigenvalue weighted by Gasteiger charge is 2.25. The summed E-state index contributed by atoms with van der Waals surface area (Å²) in [7, 11) is 0. The molecule has 0 aromatic heterocycles. The van der Waals surface area contributed by atoms with Crippen molar-refractivity contribution in [3.63, 3.8) is 0 Å². The summed E-state index contributed by atoms with van der Waals surface area (Å²) in [6.45, 7) is 3.49. The smallest absolute Gasteiger partial charge is 0.237 e. The quantitative estimate of drug-likeness (QED) is 0.835. The first-order valence-corrected chi connectivity index (χ1v) is 6.85. The molecule has 2 unspecified atom stereocenters. The zero-order valence-corrected chi connectivity index (χ0v) is 11.3. The highest BCUT2D eigenvalue weighted by atomic mass is 16.5. The first-order valence-electron chi connectivity index (χ1n) is 6.85. The highest BCUT2D eigenvalue weighted by molar-refractivity contribution is 5.81. The van der Waals surface area contributed by atoms with Gasteiger partial charge >= 0.3 is 0 Å². The Kier molecular flexibility index (Phi) is 4.93. The summed E-state index contributed by atoms with van der Waals surface area (Å²) in [6, 6.07) is 9.35. The first kappa shape index (κ1) is 14.0. The van der Waals surface area contributed by atoms with Gasteiger partial charge in [-0.15, -0.1) is 0 Å². The number of nitrogens with one attached hydrogen (secondary N) is 1. The lowest BCUT2D eigenvalue weighted by atomic mass is 10.0. The lowest BCUT2D eigenvalue weighted by molar-refractivity contribution is -0.122. The van der Waals surface area contributed by atoms with Gasteiger partial charge in [0.25, 0.3) is 0 Å². The maximum atomic E-state index is 11.9. The summed E-state index contributed by atoms with van der Waals surface area (Å²) in [5.74, 6) is 0.329. The third-order valence-electron chi connectivity index (χ3n) is 3.71. The molecule has 1 aliphatic rings. The predicted molar refractivity (Wildman–Crippen MR) is 74.7 cm³/mol.